The van der Waals surface area contributed by atoms with Gasteiger partial charge in [0.15, 0.2) is 0 Å². The summed E-state index contributed by atoms with van der Waals surface area (Å²) < 4.78 is 5.56. The fourth-order valence-electron chi connectivity index (χ4n) is 2.39. The lowest BCUT2D eigenvalue weighted by molar-refractivity contribution is 0.0951. The normalized spacial score (nSPS) is 21.7. The molecule has 1 saturated carbocycles. The third-order valence-electron chi connectivity index (χ3n) is 3.77. The van der Waals surface area contributed by atoms with Crippen LogP contribution in [-0.4, -0.2) is 31.2 Å². The zero-order valence-electron chi connectivity index (χ0n) is 11.5. The number of amides is 1. The van der Waals surface area contributed by atoms with Crippen molar-refractivity contribution >= 4 is 17.3 Å². The number of nitrogens with one attached hydrogen (secondary N) is 2. The van der Waals surface area contributed by atoms with Crippen molar-refractivity contribution in [2.75, 3.05) is 24.2 Å². The van der Waals surface area contributed by atoms with Crippen molar-refractivity contribution in [1.82, 2.24) is 5.32 Å². The minimum atomic E-state index is -0.0372. The van der Waals surface area contributed by atoms with Gasteiger partial charge in [-0.2, -0.15) is 0 Å². The molecule has 0 aromatic heterocycles. The van der Waals surface area contributed by atoms with Crippen molar-refractivity contribution < 1.29 is 9.53 Å². The quantitative estimate of drug-likeness (QED) is 0.716. The number of benzene rings is 1. The molecule has 1 aliphatic heterocycles. The van der Waals surface area contributed by atoms with Crippen LogP contribution in [0.4, 0.5) is 11.4 Å². The molecule has 4 N–H and O–H groups in total. The molecule has 108 valence electrons. The molecule has 1 aliphatic carbocycles. The van der Waals surface area contributed by atoms with Crippen molar-refractivity contribution in [3.8, 4) is 0 Å². The predicted octanol–water partition coefficient (Wildman–Crippen LogP) is 1.75. The zero-order valence-corrected chi connectivity index (χ0v) is 11.5. The first-order valence-electron chi connectivity index (χ1n) is 7.28. The SMILES string of the molecule is Nc1cc(C(=O)NC2CC2)ccc1NC[C@H]1CCCO1. The molecule has 20 heavy (non-hydrogen) atoms. The fourth-order valence-corrected chi connectivity index (χ4v) is 2.39. The Morgan fingerprint density at radius 2 is 2.20 bits per heavy atom. The summed E-state index contributed by atoms with van der Waals surface area (Å²) in [6.45, 7) is 1.61. The summed E-state index contributed by atoms with van der Waals surface area (Å²) in [5.41, 5.74) is 8.10. The Morgan fingerprint density at radius 3 is 2.85 bits per heavy atom. The molecule has 1 amide bonds. The van der Waals surface area contributed by atoms with Crippen LogP contribution < -0.4 is 16.4 Å². The van der Waals surface area contributed by atoms with E-state index in [4.69, 9.17) is 10.5 Å². The second-order valence-corrected chi connectivity index (χ2v) is 5.57. The summed E-state index contributed by atoms with van der Waals surface area (Å²) in [5.74, 6) is -0.0372. The van der Waals surface area contributed by atoms with Crippen LogP contribution in [0.3, 0.4) is 0 Å². The summed E-state index contributed by atoms with van der Waals surface area (Å²) >= 11 is 0. The van der Waals surface area contributed by atoms with E-state index in [1.54, 1.807) is 6.07 Å². The number of anilines is 2. The van der Waals surface area contributed by atoms with Crippen LogP contribution in [0.25, 0.3) is 0 Å². The van der Waals surface area contributed by atoms with Gasteiger partial charge in [0.1, 0.15) is 0 Å². The molecule has 1 heterocycles. The predicted molar refractivity (Wildman–Crippen MR) is 78.8 cm³/mol. The van der Waals surface area contributed by atoms with Crippen LogP contribution in [0.1, 0.15) is 36.0 Å². The van der Waals surface area contributed by atoms with E-state index in [0.29, 0.717) is 17.3 Å². The second-order valence-electron chi connectivity index (χ2n) is 5.57. The van der Waals surface area contributed by atoms with E-state index in [1.165, 1.54) is 0 Å². The van der Waals surface area contributed by atoms with Gasteiger partial charge >= 0.3 is 0 Å². The molecule has 5 nitrogen and oxygen atoms in total. The lowest BCUT2D eigenvalue weighted by Gasteiger charge is -2.14. The molecular formula is C15H21N3O2. The Labute approximate surface area is 118 Å². The van der Waals surface area contributed by atoms with Crippen molar-refractivity contribution in [3.63, 3.8) is 0 Å². The lowest BCUT2D eigenvalue weighted by Crippen LogP contribution is -2.25. The molecule has 2 aliphatic rings. The van der Waals surface area contributed by atoms with Crippen molar-refractivity contribution in [1.29, 1.82) is 0 Å². The Balaban J connectivity index is 1.59. The van der Waals surface area contributed by atoms with Gasteiger partial charge in [0.25, 0.3) is 5.91 Å². The number of hydrogen-bond donors (Lipinski definition) is 3. The topological polar surface area (TPSA) is 76.4 Å². The van der Waals surface area contributed by atoms with E-state index >= 15 is 0 Å². The van der Waals surface area contributed by atoms with Crippen molar-refractivity contribution in [2.24, 2.45) is 0 Å². The van der Waals surface area contributed by atoms with E-state index in [-0.39, 0.29) is 12.0 Å². The highest BCUT2D eigenvalue weighted by Gasteiger charge is 2.24. The van der Waals surface area contributed by atoms with E-state index in [2.05, 4.69) is 10.6 Å². The van der Waals surface area contributed by atoms with Gasteiger partial charge in [-0.1, -0.05) is 0 Å². The Hall–Kier alpha value is -1.75. The highest BCUT2D eigenvalue weighted by molar-refractivity contribution is 5.96. The average Bonchev–Trinajstić information content (AvgIpc) is 3.10. The van der Waals surface area contributed by atoms with Gasteiger partial charge in [0, 0.05) is 24.8 Å². The summed E-state index contributed by atoms with van der Waals surface area (Å²) in [7, 11) is 0. The average molecular weight is 275 g/mol. The molecule has 5 heteroatoms. The molecule has 0 radical (unpaired) electrons. The van der Waals surface area contributed by atoms with Gasteiger partial charge in [-0.25, -0.2) is 0 Å². The number of nitrogen functional groups attached to an aromatic ring is 1. The maximum absolute atomic E-state index is 11.9. The number of rotatable bonds is 5. The first kappa shape index (κ1) is 13.2. The summed E-state index contributed by atoms with van der Waals surface area (Å²) in [6.07, 6.45) is 4.66. The first-order chi connectivity index (χ1) is 9.72. The van der Waals surface area contributed by atoms with Crippen molar-refractivity contribution in [3.05, 3.63) is 23.8 Å². The number of hydrogen-bond acceptors (Lipinski definition) is 4. The van der Waals surface area contributed by atoms with Gasteiger partial charge in [-0.05, 0) is 43.9 Å². The van der Waals surface area contributed by atoms with Crippen LogP contribution in [0.2, 0.25) is 0 Å². The monoisotopic (exact) mass is 275 g/mol. The minimum Gasteiger partial charge on any atom is -0.397 e. The van der Waals surface area contributed by atoms with E-state index in [9.17, 15) is 4.79 Å². The maximum atomic E-state index is 11.9. The van der Waals surface area contributed by atoms with Crippen LogP contribution in [0, 0.1) is 0 Å². The number of carbonyl (C=O) groups is 1. The molecule has 0 spiro atoms. The molecule has 1 aromatic rings. The van der Waals surface area contributed by atoms with Gasteiger partial charge < -0.3 is 21.1 Å². The zero-order chi connectivity index (χ0) is 13.9. The van der Waals surface area contributed by atoms with Gasteiger partial charge in [-0.15, -0.1) is 0 Å². The van der Waals surface area contributed by atoms with Crippen LogP contribution >= 0.6 is 0 Å². The Morgan fingerprint density at radius 1 is 1.35 bits per heavy atom. The molecule has 0 bridgehead atoms. The number of nitrogens with two attached hydrogens (primary N) is 1. The standard InChI is InChI=1S/C15H21N3O2/c16-13-8-10(15(19)18-11-4-5-11)3-6-14(13)17-9-12-2-1-7-20-12/h3,6,8,11-12,17H,1-2,4-5,7,9,16H2,(H,18,19)/t12-/m1/s1. The van der Waals surface area contributed by atoms with Crippen LogP contribution in [0.5, 0.6) is 0 Å². The molecule has 0 unspecified atom stereocenters. The number of ether oxygens (including phenoxy) is 1. The first-order valence-corrected chi connectivity index (χ1v) is 7.28. The Kier molecular flexibility index (Phi) is 3.78. The van der Waals surface area contributed by atoms with Gasteiger partial charge in [0.2, 0.25) is 0 Å². The Bertz CT molecular complexity index is 494. The highest BCUT2D eigenvalue weighted by atomic mass is 16.5. The highest BCUT2D eigenvalue weighted by Crippen LogP contribution is 2.23. The van der Waals surface area contributed by atoms with Gasteiger partial charge in [-0.3, -0.25) is 4.79 Å². The van der Waals surface area contributed by atoms with Crippen LogP contribution in [0.15, 0.2) is 18.2 Å². The summed E-state index contributed by atoms with van der Waals surface area (Å²) in [4.78, 5) is 11.9. The van der Waals surface area contributed by atoms with Crippen molar-refractivity contribution in [2.45, 2.75) is 37.8 Å². The second kappa shape index (κ2) is 5.71. The third kappa shape index (κ3) is 3.22. The van der Waals surface area contributed by atoms with E-state index in [1.807, 2.05) is 12.1 Å². The smallest absolute Gasteiger partial charge is 0.251 e. The molecule has 2 fully saturated rings. The van der Waals surface area contributed by atoms with E-state index in [0.717, 1.165) is 44.5 Å². The fraction of sp³-hybridized carbons (Fsp3) is 0.533. The van der Waals surface area contributed by atoms with Crippen LogP contribution in [-0.2, 0) is 4.74 Å². The molecule has 1 saturated heterocycles. The third-order valence-corrected chi connectivity index (χ3v) is 3.77. The summed E-state index contributed by atoms with van der Waals surface area (Å²) in [5, 5.41) is 6.25. The summed E-state index contributed by atoms with van der Waals surface area (Å²) in [6, 6.07) is 5.77. The maximum Gasteiger partial charge on any atom is 0.251 e. The molecule has 3 rings (SSSR count). The molecule has 1 aromatic carbocycles. The number of carbonyl (C=O) groups excluding carboxylic acids is 1. The lowest BCUT2D eigenvalue weighted by atomic mass is 10.1. The van der Waals surface area contributed by atoms with E-state index < -0.39 is 0 Å². The molecule has 1 atom stereocenters. The minimum absolute atomic E-state index is 0.0372. The molecular weight excluding hydrogens is 254 g/mol. The largest absolute Gasteiger partial charge is 0.397 e. The van der Waals surface area contributed by atoms with Gasteiger partial charge in [0.05, 0.1) is 17.5 Å².